The van der Waals surface area contributed by atoms with Crippen LogP contribution in [-0.2, 0) is 4.79 Å². The standard InChI is InChI=1S/C35H35N7O3/c43-34(31(41-35(44)45)26-6-2-1-3-7-26)42-19-5-9-30(42)33-38-21-29(40-33)25-16-12-23(13-17-25)22-10-14-24(15-11-22)28-20-37-32(39-28)27-8-4-18-36-27/h1-3,6-7,10-17,20-21,27,30-31,36,41H,4-5,8-9,18-19H2,(H,37,39)(H,38,40)(H,44,45)/t27-,30-,31+/m0/s1. The number of amides is 2. The second-order valence-corrected chi connectivity index (χ2v) is 11.7. The van der Waals surface area contributed by atoms with Gasteiger partial charge in [0.2, 0.25) is 0 Å². The molecule has 3 atom stereocenters. The summed E-state index contributed by atoms with van der Waals surface area (Å²) < 4.78 is 0. The monoisotopic (exact) mass is 601 g/mol. The van der Waals surface area contributed by atoms with E-state index < -0.39 is 12.1 Å². The first-order chi connectivity index (χ1) is 22.0. The summed E-state index contributed by atoms with van der Waals surface area (Å²) in [7, 11) is 0. The summed E-state index contributed by atoms with van der Waals surface area (Å²) in [5, 5.41) is 15.3. The smallest absolute Gasteiger partial charge is 0.405 e. The van der Waals surface area contributed by atoms with Crippen LogP contribution in [0.15, 0.2) is 91.3 Å². The molecule has 7 rings (SSSR count). The van der Waals surface area contributed by atoms with Crippen molar-refractivity contribution in [1.29, 1.82) is 0 Å². The highest BCUT2D eigenvalue weighted by atomic mass is 16.4. The number of H-pyrrole nitrogens is 2. The number of hydrogen-bond acceptors (Lipinski definition) is 5. The van der Waals surface area contributed by atoms with E-state index in [4.69, 9.17) is 0 Å². The minimum Gasteiger partial charge on any atom is -0.465 e. The van der Waals surface area contributed by atoms with Crippen molar-refractivity contribution >= 4 is 12.0 Å². The Morgan fingerprint density at radius 1 is 0.778 bits per heavy atom. The van der Waals surface area contributed by atoms with E-state index in [1.165, 1.54) is 6.42 Å². The van der Waals surface area contributed by atoms with Crippen LogP contribution < -0.4 is 10.6 Å². The zero-order valence-electron chi connectivity index (χ0n) is 24.7. The van der Waals surface area contributed by atoms with E-state index in [1.807, 2.05) is 12.3 Å². The number of carbonyl (C=O) groups is 2. The van der Waals surface area contributed by atoms with Crippen molar-refractivity contribution < 1.29 is 14.7 Å². The average Bonchev–Trinajstić information content (AvgIpc) is 3.91. The van der Waals surface area contributed by atoms with Crippen molar-refractivity contribution in [2.45, 2.75) is 43.8 Å². The molecule has 10 nitrogen and oxygen atoms in total. The summed E-state index contributed by atoms with van der Waals surface area (Å²) in [4.78, 5) is 43.0. The normalized spacial score (nSPS) is 18.6. The number of aromatic nitrogens is 4. The van der Waals surface area contributed by atoms with Gasteiger partial charge in [-0.3, -0.25) is 4.79 Å². The van der Waals surface area contributed by atoms with Gasteiger partial charge in [-0.05, 0) is 60.0 Å². The average molecular weight is 602 g/mol. The third-order valence-corrected chi connectivity index (χ3v) is 8.81. The van der Waals surface area contributed by atoms with E-state index in [2.05, 4.69) is 79.1 Å². The number of hydrogen-bond donors (Lipinski definition) is 5. The molecule has 0 saturated carbocycles. The molecule has 0 spiro atoms. The molecule has 2 saturated heterocycles. The van der Waals surface area contributed by atoms with Gasteiger partial charge in [0.05, 0.1) is 35.9 Å². The Morgan fingerprint density at radius 2 is 1.38 bits per heavy atom. The Labute approximate surface area is 260 Å². The molecule has 4 heterocycles. The van der Waals surface area contributed by atoms with Crippen molar-refractivity contribution in [2.75, 3.05) is 13.1 Å². The van der Waals surface area contributed by atoms with Gasteiger partial charge in [0.15, 0.2) is 0 Å². The fourth-order valence-corrected chi connectivity index (χ4v) is 6.45. The molecule has 228 valence electrons. The number of aromatic amines is 2. The van der Waals surface area contributed by atoms with E-state index in [9.17, 15) is 14.7 Å². The largest absolute Gasteiger partial charge is 0.465 e. The number of carbonyl (C=O) groups excluding carboxylic acids is 1. The maximum Gasteiger partial charge on any atom is 0.405 e. The number of rotatable bonds is 8. The minimum absolute atomic E-state index is 0.258. The molecule has 45 heavy (non-hydrogen) atoms. The fraction of sp³-hybridized carbons (Fsp3) is 0.257. The molecular weight excluding hydrogens is 566 g/mol. The molecule has 2 fully saturated rings. The third-order valence-electron chi connectivity index (χ3n) is 8.81. The molecule has 0 radical (unpaired) electrons. The zero-order chi connectivity index (χ0) is 30.8. The van der Waals surface area contributed by atoms with Crippen molar-refractivity contribution in [3.63, 3.8) is 0 Å². The molecule has 2 aliphatic heterocycles. The van der Waals surface area contributed by atoms with Crippen LogP contribution in [0.25, 0.3) is 33.6 Å². The molecule has 0 aliphatic carbocycles. The lowest BCUT2D eigenvalue weighted by Crippen LogP contribution is -2.42. The Balaban J connectivity index is 1.04. The number of nitrogens with zero attached hydrogens (tertiary/aromatic N) is 3. The first-order valence-electron chi connectivity index (χ1n) is 15.4. The van der Waals surface area contributed by atoms with Gasteiger partial charge < -0.3 is 30.6 Å². The molecule has 2 amide bonds. The maximum atomic E-state index is 13.6. The van der Waals surface area contributed by atoms with Gasteiger partial charge >= 0.3 is 6.09 Å². The molecule has 0 bridgehead atoms. The molecule has 3 aromatic carbocycles. The Bertz CT molecular complexity index is 1770. The second kappa shape index (κ2) is 12.4. The van der Waals surface area contributed by atoms with Gasteiger partial charge in [-0.1, -0.05) is 78.9 Å². The zero-order valence-corrected chi connectivity index (χ0v) is 24.7. The third kappa shape index (κ3) is 5.97. The lowest BCUT2D eigenvalue weighted by atomic mass is 10.0. The second-order valence-electron chi connectivity index (χ2n) is 11.7. The Hall–Kier alpha value is -5.22. The van der Waals surface area contributed by atoms with Crippen LogP contribution in [0.5, 0.6) is 0 Å². The molecular formula is C35H35N7O3. The van der Waals surface area contributed by atoms with Crippen LogP contribution in [-0.4, -0.2) is 55.0 Å². The highest BCUT2D eigenvalue weighted by Crippen LogP contribution is 2.34. The highest BCUT2D eigenvalue weighted by molar-refractivity contribution is 5.87. The van der Waals surface area contributed by atoms with Crippen LogP contribution in [0.4, 0.5) is 4.79 Å². The maximum absolute atomic E-state index is 13.6. The van der Waals surface area contributed by atoms with Crippen LogP contribution in [0.2, 0.25) is 0 Å². The Morgan fingerprint density at radius 3 is 1.98 bits per heavy atom. The van der Waals surface area contributed by atoms with Crippen molar-refractivity contribution in [3.8, 4) is 33.6 Å². The van der Waals surface area contributed by atoms with Gasteiger partial charge in [-0.25, -0.2) is 14.8 Å². The van der Waals surface area contributed by atoms with E-state index in [0.717, 1.165) is 65.3 Å². The lowest BCUT2D eigenvalue weighted by molar-refractivity contribution is -0.134. The number of nitrogens with one attached hydrogen (secondary N) is 4. The molecule has 10 heteroatoms. The number of imidazole rings is 2. The van der Waals surface area contributed by atoms with Gasteiger partial charge in [0.1, 0.15) is 17.7 Å². The van der Waals surface area contributed by atoms with Crippen LogP contribution in [0, 0.1) is 0 Å². The van der Waals surface area contributed by atoms with E-state index in [-0.39, 0.29) is 11.9 Å². The van der Waals surface area contributed by atoms with Crippen molar-refractivity contribution in [2.24, 2.45) is 0 Å². The van der Waals surface area contributed by atoms with E-state index in [0.29, 0.717) is 24.0 Å². The number of likely N-dealkylation sites (tertiary alicyclic amines) is 1. The molecule has 2 aliphatic rings. The first-order valence-corrected chi connectivity index (χ1v) is 15.4. The van der Waals surface area contributed by atoms with Crippen molar-refractivity contribution in [3.05, 3.63) is 108 Å². The predicted octanol–water partition coefficient (Wildman–Crippen LogP) is 6.23. The first kappa shape index (κ1) is 28.5. The van der Waals surface area contributed by atoms with Crippen LogP contribution in [0.3, 0.4) is 0 Å². The molecule has 5 aromatic rings. The summed E-state index contributed by atoms with van der Waals surface area (Å²) in [5.74, 6) is 1.42. The summed E-state index contributed by atoms with van der Waals surface area (Å²) in [6, 6.07) is 24.8. The SMILES string of the molecule is O=C(O)N[C@@H](C(=O)N1CCC[C@H]1c1ncc(-c2ccc(-c3ccc(-c4cnc([C@@H]5CCCN5)[nH]4)cc3)cc2)[nH]1)c1ccccc1. The van der Waals surface area contributed by atoms with Gasteiger partial charge in [-0.2, -0.15) is 0 Å². The van der Waals surface area contributed by atoms with Gasteiger partial charge in [0.25, 0.3) is 5.91 Å². The van der Waals surface area contributed by atoms with Crippen molar-refractivity contribution in [1.82, 2.24) is 35.5 Å². The van der Waals surface area contributed by atoms with Crippen LogP contribution in [0.1, 0.15) is 61.0 Å². The Kier molecular flexibility index (Phi) is 7.87. The summed E-state index contributed by atoms with van der Waals surface area (Å²) in [5.41, 5.74) is 6.81. The van der Waals surface area contributed by atoms with Gasteiger partial charge in [0, 0.05) is 6.54 Å². The fourth-order valence-electron chi connectivity index (χ4n) is 6.45. The summed E-state index contributed by atoms with van der Waals surface area (Å²) >= 11 is 0. The highest BCUT2D eigenvalue weighted by Gasteiger charge is 2.37. The van der Waals surface area contributed by atoms with Gasteiger partial charge in [-0.15, -0.1) is 0 Å². The lowest BCUT2D eigenvalue weighted by Gasteiger charge is -2.28. The summed E-state index contributed by atoms with van der Waals surface area (Å²) in [6.45, 7) is 1.58. The van der Waals surface area contributed by atoms with E-state index >= 15 is 0 Å². The number of carboxylic acid groups (broad SMARTS) is 1. The molecule has 2 aromatic heterocycles. The molecule has 5 N–H and O–H groups in total. The quantitative estimate of drug-likeness (QED) is 0.143. The van der Waals surface area contributed by atoms with E-state index in [1.54, 1.807) is 35.4 Å². The topological polar surface area (TPSA) is 139 Å². The molecule has 0 unspecified atom stereocenters. The summed E-state index contributed by atoms with van der Waals surface area (Å²) in [6.07, 6.45) is 6.32. The minimum atomic E-state index is -1.24. The van der Waals surface area contributed by atoms with Crippen LogP contribution >= 0.6 is 0 Å². The predicted molar refractivity (Wildman–Crippen MR) is 171 cm³/mol. The number of benzene rings is 3.